The van der Waals surface area contributed by atoms with Gasteiger partial charge >= 0.3 is 5.97 Å². The zero-order valence-electron chi connectivity index (χ0n) is 11.5. The summed E-state index contributed by atoms with van der Waals surface area (Å²) in [7, 11) is 1.32. The molecule has 1 aliphatic heterocycles. The Hall–Kier alpha value is -1.90. The lowest BCUT2D eigenvalue weighted by Gasteiger charge is -2.31. The number of methoxy groups -OCH3 is 1. The van der Waals surface area contributed by atoms with E-state index in [9.17, 15) is 10.1 Å². The van der Waals surface area contributed by atoms with Crippen LogP contribution in [0.4, 0.5) is 0 Å². The topological polar surface area (TPSA) is 62.1 Å². The van der Waals surface area contributed by atoms with Crippen molar-refractivity contribution in [2.45, 2.75) is 12.8 Å². The normalized spacial score (nSPS) is 21.5. The standard InChI is InChI=1S/C15H13ClN2O2S/c1-8-12(15(19)20-2)13(11(7-17)14(21)18-8)9-3-5-10(16)6-4-9/h3-6,11,13H,1-2H3,(H,18,21). The molecule has 0 aromatic heterocycles. The van der Waals surface area contributed by atoms with Crippen molar-refractivity contribution < 1.29 is 9.53 Å². The van der Waals surface area contributed by atoms with E-state index in [0.717, 1.165) is 5.56 Å². The number of esters is 1. The number of nitrogens with one attached hydrogen (secondary N) is 1. The van der Waals surface area contributed by atoms with E-state index >= 15 is 0 Å². The molecule has 21 heavy (non-hydrogen) atoms. The number of benzene rings is 1. The molecule has 0 spiro atoms. The maximum absolute atomic E-state index is 12.1. The van der Waals surface area contributed by atoms with Crippen LogP contribution in [0.3, 0.4) is 0 Å². The molecule has 1 aliphatic rings. The third-order valence-corrected chi connectivity index (χ3v) is 4.02. The Bertz CT molecular complexity index is 661. The highest BCUT2D eigenvalue weighted by atomic mass is 35.5. The molecular weight excluding hydrogens is 308 g/mol. The van der Waals surface area contributed by atoms with Gasteiger partial charge in [0.25, 0.3) is 0 Å². The third kappa shape index (κ3) is 2.92. The monoisotopic (exact) mass is 320 g/mol. The third-order valence-electron chi connectivity index (χ3n) is 3.42. The van der Waals surface area contributed by atoms with Gasteiger partial charge in [-0.1, -0.05) is 36.0 Å². The van der Waals surface area contributed by atoms with Crippen molar-refractivity contribution in [3.63, 3.8) is 0 Å². The van der Waals surface area contributed by atoms with Crippen LogP contribution in [-0.4, -0.2) is 18.1 Å². The summed E-state index contributed by atoms with van der Waals surface area (Å²) in [6, 6.07) is 9.20. The Labute approximate surface area is 133 Å². The zero-order valence-corrected chi connectivity index (χ0v) is 13.1. The average molecular weight is 321 g/mol. The van der Waals surface area contributed by atoms with Crippen molar-refractivity contribution in [3.8, 4) is 6.07 Å². The molecule has 4 nitrogen and oxygen atoms in total. The molecular formula is C15H13ClN2O2S. The molecule has 2 rings (SSSR count). The number of thiocarbonyl (C=S) groups is 1. The molecule has 1 N–H and O–H groups in total. The van der Waals surface area contributed by atoms with E-state index in [1.165, 1.54) is 7.11 Å². The Morgan fingerprint density at radius 2 is 2.05 bits per heavy atom. The molecule has 1 aromatic rings. The van der Waals surface area contributed by atoms with Crippen LogP contribution in [0.15, 0.2) is 35.5 Å². The first-order valence-electron chi connectivity index (χ1n) is 6.24. The van der Waals surface area contributed by atoms with Crippen LogP contribution in [-0.2, 0) is 9.53 Å². The Morgan fingerprint density at radius 3 is 2.57 bits per heavy atom. The Balaban J connectivity index is 2.61. The molecule has 0 aliphatic carbocycles. The van der Waals surface area contributed by atoms with Gasteiger partial charge < -0.3 is 10.1 Å². The SMILES string of the molecule is COC(=O)C1=C(C)NC(=S)C(C#N)C1c1ccc(Cl)cc1. The maximum atomic E-state index is 12.1. The molecule has 0 bridgehead atoms. The van der Waals surface area contributed by atoms with Gasteiger partial charge in [0.05, 0.1) is 23.7 Å². The molecule has 0 saturated heterocycles. The summed E-state index contributed by atoms with van der Waals surface area (Å²) >= 11 is 11.1. The minimum absolute atomic E-state index is 0.405. The number of hydrogen-bond acceptors (Lipinski definition) is 4. The number of carbonyl (C=O) groups is 1. The second-order valence-electron chi connectivity index (χ2n) is 4.66. The second kappa shape index (κ2) is 6.25. The Kier molecular flexibility index (Phi) is 4.61. The van der Waals surface area contributed by atoms with E-state index in [4.69, 9.17) is 28.6 Å². The lowest BCUT2D eigenvalue weighted by Crippen LogP contribution is -2.40. The predicted octanol–water partition coefficient (Wildman–Crippen LogP) is 2.94. The number of ether oxygens (including phenoxy) is 1. The van der Waals surface area contributed by atoms with E-state index in [1.807, 2.05) is 0 Å². The smallest absolute Gasteiger partial charge is 0.336 e. The fourth-order valence-electron chi connectivity index (χ4n) is 2.43. The quantitative estimate of drug-likeness (QED) is 0.670. The number of carbonyl (C=O) groups excluding carboxylic acids is 1. The predicted molar refractivity (Wildman–Crippen MR) is 83.7 cm³/mol. The summed E-state index contributed by atoms with van der Waals surface area (Å²) in [5, 5.41) is 12.9. The highest BCUT2D eigenvalue weighted by Crippen LogP contribution is 2.38. The first-order valence-corrected chi connectivity index (χ1v) is 7.03. The van der Waals surface area contributed by atoms with Crippen LogP contribution in [0.25, 0.3) is 0 Å². The van der Waals surface area contributed by atoms with Gasteiger partial charge in [0.2, 0.25) is 0 Å². The summed E-state index contributed by atoms with van der Waals surface area (Å²) in [6.07, 6.45) is 0. The van der Waals surface area contributed by atoms with Gasteiger partial charge in [0.15, 0.2) is 0 Å². The van der Waals surface area contributed by atoms with Gasteiger partial charge in [-0.05, 0) is 24.6 Å². The van der Waals surface area contributed by atoms with Crippen molar-refractivity contribution >= 4 is 34.8 Å². The van der Waals surface area contributed by atoms with Gasteiger partial charge in [-0.3, -0.25) is 0 Å². The van der Waals surface area contributed by atoms with E-state index in [0.29, 0.717) is 21.3 Å². The molecule has 0 saturated carbocycles. The molecule has 2 unspecified atom stereocenters. The molecule has 0 fully saturated rings. The van der Waals surface area contributed by atoms with E-state index in [-0.39, 0.29) is 0 Å². The van der Waals surface area contributed by atoms with Crippen molar-refractivity contribution in [1.29, 1.82) is 5.26 Å². The molecule has 2 atom stereocenters. The first-order chi connectivity index (χ1) is 9.99. The number of nitriles is 1. The molecule has 6 heteroatoms. The summed E-state index contributed by atoms with van der Waals surface area (Å²) in [5.41, 5.74) is 1.83. The second-order valence-corrected chi connectivity index (χ2v) is 5.53. The van der Waals surface area contributed by atoms with Gasteiger partial charge in [0.1, 0.15) is 5.92 Å². The van der Waals surface area contributed by atoms with Crippen molar-refractivity contribution in [2.24, 2.45) is 5.92 Å². The summed E-state index contributed by atoms with van der Waals surface area (Å²) < 4.78 is 4.85. The van der Waals surface area contributed by atoms with Gasteiger partial charge in [-0.25, -0.2) is 4.79 Å². The summed E-state index contributed by atoms with van der Waals surface area (Å²) in [5.74, 6) is -1.56. The highest BCUT2D eigenvalue weighted by molar-refractivity contribution is 7.80. The van der Waals surface area contributed by atoms with Crippen LogP contribution in [0.1, 0.15) is 18.4 Å². The van der Waals surface area contributed by atoms with E-state index in [2.05, 4.69) is 11.4 Å². The molecule has 1 heterocycles. The first kappa shape index (κ1) is 15.5. The molecule has 108 valence electrons. The molecule has 0 radical (unpaired) electrons. The fraction of sp³-hybridized carbons (Fsp3) is 0.267. The fourth-order valence-corrected chi connectivity index (χ4v) is 2.90. The maximum Gasteiger partial charge on any atom is 0.336 e. The number of allylic oxidation sites excluding steroid dienone is 1. The number of rotatable bonds is 2. The molecule has 0 amide bonds. The average Bonchev–Trinajstić information content (AvgIpc) is 2.46. The van der Waals surface area contributed by atoms with Crippen molar-refractivity contribution in [1.82, 2.24) is 5.32 Å². The number of hydrogen-bond donors (Lipinski definition) is 1. The van der Waals surface area contributed by atoms with Crippen LogP contribution in [0.2, 0.25) is 5.02 Å². The minimum atomic E-state index is -0.626. The van der Waals surface area contributed by atoms with Crippen molar-refractivity contribution in [3.05, 3.63) is 46.1 Å². The number of halogens is 1. The van der Waals surface area contributed by atoms with Crippen LogP contribution >= 0.6 is 23.8 Å². The molecule has 1 aromatic carbocycles. The summed E-state index contributed by atoms with van der Waals surface area (Å²) in [6.45, 7) is 1.75. The van der Waals surface area contributed by atoms with Gasteiger partial charge in [-0.15, -0.1) is 0 Å². The van der Waals surface area contributed by atoms with Gasteiger partial charge in [0, 0.05) is 16.6 Å². The largest absolute Gasteiger partial charge is 0.466 e. The number of nitrogens with zero attached hydrogens (tertiary/aromatic N) is 1. The van der Waals surface area contributed by atoms with E-state index < -0.39 is 17.8 Å². The lowest BCUT2D eigenvalue weighted by atomic mass is 9.78. The lowest BCUT2D eigenvalue weighted by molar-refractivity contribution is -0.136. The summed E-state index contributed by atoms with van der Waals surface area (Å²) in [4.78, 5) is 12.5. The van der Waals surface area contributed by atoms with Crippen LogP contribution < -0.4 is 5.32 Å². The highest BCUT2D eigenvalue weighted by Gasteiger charge is 2.39. The van der Waals surface area contributed by atoms with Gasteiger partial charge in [-0.2, -0.15) is 5.26 Å². The zero-order chi connectivity index (χ0) is 15.6. The van der Waals surface area contributed by atoms with E-state index in [1.54, 1.807) is 31.2 Å². The van der Waals surface area contributed by atoms with Crippen molar-refractivity contribution in [2.75, 3.05) is 7.11 Å². The Morgan fingerprint density at radius 1 is 1.43 bits per heavy atom. The van der Waals surface area contributed by atoms with Crippen LogP contribution in [0, 0.1) is 17.2 Å². The van der Waals surface area contributed by atoms with Crippen LogP contribution in [0.5, 0.6) is 0 Å². The minimum Gasteiger partial charge on any atom is -0.466 e.